The molecule has 0 radical (unpaired) electrons. The highest BCUT2D eigenvalue weighted by Crippen LogP contribution is 2.18. The lowest BCUT2D eigenvalue weighted by Gasteiger charge is -2.17. The second-order valence-electron chi connectivity index (χ2n) is 5.70. The monoisotopic (exact) mass is 312 g/mol. The van der Waals surface area contributed by atoms with Crippen LogP contribution >= 0.6 is 0 Å². The molecule has 2 aromatic rings. The number of aromatic nitrogens is 4. The summed E-state index contributed by atoms with van der Waals surface area (Å²) in [6, 6.07) is 1.99. The standard InChI is InChI=1S/C16H20N6O/c1-11-7-15(22-5-3-4-6-22)21-14(20-11)10-19-16(23)13-9-17-12(2)8-18-13/h7-9H,3-6,10H2,1-2H3,(H,19,23). The molecule has 7 nitrogen and oxygen atoms in total. The Labute approximate surface area is 135 Å². The molecule has 1 aliphatic rings. The zero-order valence-electron chi connectivity index (χ0n) is 13.4. The third-order valence-corrected chi connectivity index (χ3v) is 3.74. The van der Waals surface area contributed by atoms with Crippen LogP contribution in [-0.4, -0.2) is 38.9 Å². The maximum Gasteiger partial charge on any atom is 0.271 e. The summed E-state index contributed by atoms with van der Waals surface area (Å²) in [6.45, 7) is 6.10. The first-order valence-electron chi connectivity index (χ1n) is 7.78. The minimum atomic E-state index is -0.273. The van der Waals surface area contributed by atoms with Crippen molar-refractivity contribution in [3.05, 3.63) is 41.4 Å². The molecule has 3 heterocycles. The fourth-order valence-electron chi connectivity index (χ4n) is 2.56. The Kier molecular flexibility index (Phi) is 4.45. The van der Waals surface area contributed by atoms with Gasteiger partial charge in [-0.1, -0.05) is 0 Å². The summed E-state index contributed by atoms with van der Waals surface area (Å²) < 4.78 is 0. The van der Waals surface area contributed by atoms with Gasteiger partial charge < -0.3 is 10.2 Å². The maximum absolute atomic E-state index is 12.1. The number of rotatable bonds is 4. The van der Waals surface area contributed by atoms with Crippen LogP contribution in [0.5, 0.6) is 0 Å². The Bertz CT molecular complexity index is 694. The van der Waals surface area contributed by atoms with E-state index in [-0.39, 0.29) is 12.5 Å². The minimum Gasteiger partial charge on any atom is -0.357 e. The van der Waals surface area contributed by atoms with Crippen molar-refractivity contribution in [2.24, 2.45) is 0 Å². The van der Waals surface area contributed by atoms with Crippen LogP contribution in [0, 0.1) is 13.8 Å². The van der Waals surface area contributed by atoms with E-state index >= 15 is 0 Å². The zero-order chi connectivity index (χ0) is 16.2. The van der Waals surface area contributed by atoms with Gasteiger partial charge in [0.1, 0.15) is 17.3 Å². The molecule has 0 saturated carbocycles. The molecule has 0 spiro atoms. The SMILES string of the molecule is Cc1cnc(C(=O)NCc2nc(C)cc(N3CCCC3)n2)cn1. The molecule has 1 amide bonds. The third-order valence-electron chi connectivity index (χ3n) is 3.74. The molecule has 0 aliphatic carbocycles. The van der Waals surface area contributed by atoms with Crippen molar-refractivity contribution >= 4 is 11.7 Å². The molecule has 0 atom stereocenters. The summed E-state index contributed by atoms with van der Waals surface area (Å²) in [7, 11) is 0. The first-order valence-corrected chi connectivity index (χ1v) is 7.78. The summed E-state index contributed by atoms with van der Waals surface area (Å²) in [6.07, 6.45) is 5.43. The number of anilines is 1. The quantitative estimate of drug-likeness (QED) is 0.919. The Morgan fingerprint density at radius 3 is 2.61 bits per heavy atom. The van der Waals surface area contributed by atoms with Crippen LogP contribution in [0.15, 0.2) is 18.5 Å². The summed E-state index contributed by atoms with van der Waals surface area (Å²) >= 11 is 0. The Morgan fingerprint density at radius 2 is 1.91 bits per heavy atom. The average molecular weight is 312 g/mol. The first-order chi connectivity index (χ1) is 11.1. The van der Waals surface area contributed by atoms with Crippen LogP contribution in [0.4, 0.5) is 5.82 Å². The van der Waals surface area contributed by atoms with E-state index in [1.165, 1.54) is 19.0 Å². The number of amides is 1. The molecule has 1 saturated heterocycles. The largest absolute Gasteiger partial charge is 0.357 e. The van der Waals surface area contributed by atoms with Gasteiger partial charge in [0, 0.05) is 31.0 Å². The van der Waals surface area contributed by atoms with E-state index in [2.05, 4.69) is 30.2 Å². The Hall–Kier alpha value is -2.57. The van der Waals surface area contributed by atoms with E-state index in [1.807, 2.05) is 19.9 Å². The molecular formula is C16H20N6O. The molecule has 1 aliphatic heterocycles. The smallest absolute Gasteiger partial charge is 0.271 e. The van der Waals surface area contributed by atoms with Crippen LogP contribution in [-0.2, 0) is 6.54 Å². The summed E-state index contributed by atoms with van der Waals surface area (Å²) in [5, 5.41) is 2.79. The Balaban J connectivity index is 1.67. The molecular weight excluding hydrogens is 292 g/mol. The summed E-state index contributed by atoms with van der Waals surface area (Å²) in [5.74, 6) is 1.28. The van der Waals surface area contributed by atoms with E-state index in [0.29, 0.717) is 11.5 Å². The van der Waals surface area contributed by atoms with Crippen molar-refractivity contribution in [2.45, 2.75) is 33.2 Å². The molecule has 0 unspecified atom stereocenters. The molecule has 0 bridgehead atoms. The third kappa shape index (κ3) is 3.80. The maximum atomic E-state index is 12.1. The number of nitrogens with one attached hydrogen (secondary N) is 1. The highest BCUT2D eigenvalue weighted by Gasteiger charge is 2.15. The van der Waals surface area contributed by atoms with Gasteiger partial charge in [-0.2, -0.15) is 0 Å². The molecule has 1 N–H and O–H groups in total. The van der Waals surface area contributed by atoms with Gasteiger partial charge in [0.15, 0.2) is 0 Å². The van der Waals surface area contributed by atoms with E-state index in [0.717, 1.165) is 30.3 Å². The van der Waals surface area contributed by atoms with Gasteiger partial charge in [0.25, 0.3) is 5.91 Å². The summed E-state index contributed by atoms with van der Waals surface area (Å²) in [4.78, 5) is 31.4. The van der Waals surface area contributed by atoms with Crippen molar-refractivity contribution < 1.29 is 4.79 Å². The van der Waals surface area contributed by atoms with Gasteiger partial charge in [-0.3, -0.25) is 9.78 Å². The van der Waals surface area contributed by atoms with Crippen LogP contribution in [0.1, 0.15) is 40.5 Å². The molecule has 2 aromatic heterocycles. The predicted molar refractivity (Wildman–Crippen MR) is 86.2 cm³/mol. The molecule has 0 aromatic carbocycles. The van der Waals surface area contributed by atoms with Gasteiger partial charge >= 0.3 is 0 Å². The number of hydrogen-bond acceptors (Lipinski definition) is 6. The molecule has 23 heavy (non-hydrogen) atoms. The lowest BCUT2D eigenvalue weighted by Crippen LogP contribution is -2.26. The molecule has 7 heteroatoms. The van der Waals surface area contributed by atoms with Gasteiger partial charge in [-0.05, 0) is 26.7 Å². The normalized spacial score (nSPS) is 14.1. The minimum absolute atomic E-state index is 0.273. The average Bonchev–Trinajstić information content (AvgIpc) is 3.07. The molecule has 1 fully saturated rings. The van der Waals surface area contributed by atoms with Crippen LogP contribution in [0.2, 0.25) is 0 Å². The fraction of sp³-hybridized carbons (Fsp3) is 0.438. The zero-order valence-corrected chi connectivity index (χ0v) is 13.4. The van der Waals surface area contributed by atoms with E-state index in [4.69, 9.17) is 0 Å². The van der Waals surface area contributed by atoms with Crippen molar-refractivity contribution in [3.63, 3.8) is 0 Å². The van der Waals surface area contributed by atoms with Crippen LogP contribution in [0.3, 0.4) is 0 Å². The number of aryl methyl sites for hydroxylation is 2. The van der Waals surface area contributed by atoms with E-state index in [9.17, 15) is 4.79 Å². The molecule has 120 valence electrons. The molecule has 3 rings (SSSR count). The van der Waals surface area contributed by atoms with Crippen molar-refractivity contribution in [2.75, 3.05) is 18.0 Å². The Morgan fingerprint density at radius 1 is 1.13 bits per heavy atom. The van der Waals surface area contributed by atoms with Gasteiger partial charge in [0.05, 0.1) is 18.4 Å². The highest BCUT2D eigenvalue weighted by molar-refractivity contribution is 5.91. The fourth-order valence-corrected chi connectivity index (χ4v) is 2.56. The van der Waals surface area contributed by atoms with Crippen molar-refractivity contribution in [1.29, 1.82) is 0 Å². The second kappa shape index (κ2) is 6.68. The van der Waals surface area contributed by atoms with E-state index in [1.54, 1.807) is 6.20 Å². The van der Waals surface area contributed by atoms with Crippen LogP contribution in [0.25, 0.3) is 0 Å². The second-order valence-corrected chi connectivity index (χ2v) is 5.70. The lowest BCUT2D eigenvalue weighted by atomic mass is 10.3. The number of nitrogens with zero attached hydrogens (tertiary/aromatic N) is 5. The van der Waals surface area contributed by atoms with Gasteiger partial charge in [-0.25, -0.2) is 15.0 Å². The number of carbonyl (C=O) groups is 1. The lowest BCUT2D eigenvalue weighted by molar-refractivity contribution is 0.0944. The van der Waals surface area contributed by atoms with Gasteiger partial charge in [-0.15, -0.1) is 0 Å². The number of hydrogen-bond donors (Lipinski definition) is 1. The van der Waals surface area contributed by atoms with E-state index < -0.39 is 0 Å². The topological polar surface area (TPSA) is 83.9 Å². The number of carbonyl (C=O) groups excluding carboxylic acids is 1. The summed E-state index contributed by atoms with van der Waals surface area (Å²) in [5.41, 5.74) is 1.98. The predicted octanol–water partition coefficient (Wildman–Crippen LogP) is 1.41. The highest BCUT2D eigenvalue weighted by atomic mass is 16.1. The first kappa shape index (κ1) is 15.3. The van der Waals surface area contributed by atoms with Crippen molar-refractivity contribution in [1.82, 2.24) is 25.3 Å². The van der Waals surface area contributed by atoms with Crippen molar-refractivity contribution in [3.8, 4) is 0 Å². The van der Waals surface area contributed by atoms with Crippen LogP contribution < -0.4 is 10.2 Å². The van der Waals surface area contributed by atoms with Gasteiger partial charge in [0.2, 0.25) is 0 Å².